The second kappa shape index (κ2) is 4.41. The second-order valence-corrected chi connectivity index (χ2v) is 2.75. The predicted molar refractivity (Wildman–Crippen MR) is 49.1 cm³/mol. The summed E-state index contributed by atoms with van der Waals surface area (Å²) in [5, 5.41) is 8.61. The smallest absolute Gasteiger partial charge is 0.335 e. The van der Waals surface area contributed by atoms with Crippen LogP contribution in [-0.2, 0) is 16.0 Å². The van der Waals surface area contributed by atoms with Gasteiger partial charge in [-0.3, -0.25) is 4.79 Å². The zero-order valence-electron chi connectivity index (χ0n) is 7.69. The molecule has 1 aromatic carbocycles. The largest absolute Gasteiger partial charge is 0.478 e. The van der Waals surface area contributed by atoms with Gasteiger partial charge in [-0.05, 0) is 17.7 Å². The van der Waals surface area contributed by atoms with Gasteiger partial charge in [-0.25, -0.2) is 4.79 Å². The van der Waals surface area contributed by atoms with E-state index in [0.717, 1.165) is 5.56 Å². The van der Waals surface area contributed by atoms with E-state index in [4.69, 9.17) is 5.11 Å². The van der Waals surface area contributed by atoms with E-state index in [1.54, 1.807) is 12.1 Å². The van der Waals surface area contributed by atoms with Crippen molar-refractivity contribution in [2.75, 3.05) is 7.11 Å². The van der Waals surface area contributed by atoms with Gasteiger partial charge in [-0.15, -0.1) is 0 Å². The molecule has 0 radical (unpaired) electrons. The summed E-state index contributed by atoms with van der Waals surface area (Å²) in [6.45, 7) is 0. The number of carbonyl (C=O) groups is 2. The van der Waals surface area contributed by atoms with E-state index < -0.39 is 5.97 Å². The highest BCUT2D eigenvalue weighted by Gasteiger charge is 2.04. The fraction of sp³-hybridized carbons (Fsp3) is 0.200. The third kappa shape index (κ3) is 2.58. The van der Waals surface area contributed by atoms with Crippen molar-refractivity contribution >= 4 is 11.9 Å². The van der Waals surface area contributed by atoms with Crippen LogP contribution < -0.4 is 0 Å². The van der Waals surface area contributed by atoms with Gasteiger partial charge in [0.1, 0.15) is 0 Å². The van der Waals surface area contributed by atoms with Gasteiger partial charge in [0.25, 0.3) is 0 Å². The Hall–Kier alpha value is -1.84. The van der Waals surface area contributed by atoms with Crippen LogP contribution in [0, 0.1) is 0 Å². The monoisotopic (exact) mass is 194 g/mol. The Morgan fingerprint density at radius 1 is 1.29 bits per heavy atom. The number of benzene rings is 1. The van der Waals surface area contributed by atoms with E-state index in [2.05, 4.69) is 4.74 Å². The molecular formula is C10H10O4. The van der Waals surface area contributed by atoms with Gasteiger partial charge >= 0.3 is 11.9 Å². The number of ether oxygens (including phenoxy) is 1. The van der Waals surface area contributed by atoms with Crippen LogP contribution >= 0.6 is 0 Å². The summed E-state index contributed by atoms with van der Waals surface area (Å²) in [5.74, 6) is -1.32. The van der Waals surface area contributed by atoms with E-state index in [1.165, 1.54) is 19.2 Å². The average molecular weight is 194 g/mol. The summed E-state index contributed by atoms with van der Waals surface area (Å²) in [6, 6.07) is 6.11. The number of rotatable bonds is 3. The van der Waals surface area contributed by atoms with Crippen molar-refractivity contribution in [3.8, 4) is 0 Å². The fourth-order valence-electron chi connectivity index (χ4n) is 1.00. The molecule has 0 aromatic heterocycles. The molecule has 0 spiro atoms. The molecule has 74 valence electrons. The molecule has 14 heavy (non-hydrogen) atoms. The highest BCUT2D eigenvalue weighted by atomic mass is 16.5. The minimum atomic E-state index is -0.977. The number of hydrogen-bond acceptors (Lipinski definition) is 3. The highest BCUT2D eigenvalue weighted by molar-refractivity contribution is 5.87. The van der Waals surface area contributed by atoms with Gasteiger partial charge in [0.2, 0.25) is 0 Å². The third-order valence-corrected chi connectivity index (χ3v) is 1.78. The van der Waals surface area contributed by atoms with Crippen LogP contribution in [0.5, 0.6) is 0 Å². The molecule has 0 aliphatic heterocycles. The molecule has 4 nitrogen and oxygen atoms in total. The van der Waals surface area contributed by atoms with E-state index in [1.807, 2.05) is 0 Å². The highest BCUT2D eigenvalue weighted by Crippen LogP contribution is 2.05. The molecule has 1 N–H and O–H groups in total. The minimum Gasteiger partial charge on any atom is -0.478 e. The normalized spacial score (nSPS) is 9.50. The molecule has 1 rings (SSSR count). The van der Waals surface area contributed by atoms with E-state index >= 15 is 0 Å². The Morgan fingerprint density at radius 3 is 2.29 bits per heavy atom. The number of carbonyl (C=O) groups excluding carboxylic acids is 1. The first-order chi connectivity index (χ1) is 6.63. The standard InChI is InChI=1S/C10H10O4/c1-14-9(11)6-7-2-4-8(5-3-7)10(12)13/h2-5H,6H2,1H3,(H,12,13). The zero-order chi connectivity index (χ0) is 10.6. The maximum atomic E-state index is 10.9. The fourth-order valence-corrected chi connectivity index (χ4v) is 1.00. The molecule has 0 aliphatic carbocycles. The topological polar surface area (TPSA) is 63.6 Å². The third-order valence-electron chi connectivity index (χ3n) is 1.78. The van der Waals surface area contributed by atoms with Crippen LogP contribution in [0.15, 0.2) is 24.3 Å². The SMILES string of the molecule is COC(=O)Cc1ccc(C(=O)O)cc1. The number of hydrogen-bond donors (Lipinski definition) is 1. The maximum Gasteiger partial charge on any atom is 0.335 e. The van der Waals surface area contributed by atoms with Crippen LogP contribution in [0.4, 0.5) is 0 Å². The molecule has 4 heteroatoms. The Morgan fingerprint density at radius 2 is 1.86 bits per heavy atom. The Kier molecular flexibility index (Phi) is 3.23. The Balaban J connectivity index is 2.73. The summed E-state index contributed by atoms with van der Waals surface area (Å²) in [7, 11) is 1.31. The first-order valence-electron chi connectivity index (χ1n) is 4.02. The molecule has 0 saturated carbocycles. The number of methoxy groups -OCH3 is 1. The minimum absolute atomic E-state index is 0.163. The number of carboxylic acid groups (broad SMARTS) is 1. The molecule has 1 aromatic rings. The number of carboxylic acids is 1. The number of aromatic carboxylic acids is 1. The van der Waals surface area contributed by atoms with Gasteiger partial charge in [0.15, 0.2) is 0 Å². The van der Waals surface area contributed by atoms with Crippen molar-refractivity contribution in [2.45, 2.75) is 6.42 Å². The van der Waals surface area contributed by atoms with Crippen LogP contribution in [-0.4, -0.2) is 24.2 Å². The van der Waals surface area contributed by atoms with E-state index in [0.29, 0.717) is 0 Å². The zero-order valence-corrected chi connectivity index (χ0v) is 7.69. The molecule has 0 saturated heterocycles. The van der Waals surface area contributed by atoms with Gasteiger partial charge in [0.05, 0.1) is 19.1 Å². The number of esters is 1. The van der Waals surface area contributed by atoms with E-state index in [-0.39, 0.29) is 18.0 Å². The molecule has 0 unspecified atom stereocenters. The Labute approximate surface area is 81.1 Å². The van der Waals surface area contributed by atoms with Crippen molar-refractivity contribution in [2.24, 2.45) is 0 Å². The molecular weight excluding hydrogens is 184 g/mol. The first-order valence-corrected chi connectivity index (χ1v) is 4.02. The summed E-state index contributed by atoms with van der Waals surface area (Å²) in [6.07, 6.45) is 0.163. The summed E-state index contributed by atoms with van der Waals surface area (Å²) in [5.41, 5.74) is 0.945. The average Bonchev–Trinajstić information content (AvgIpc) is 2.18. The van der Waals surface area contributed by atoms with Gasteiger partial charge in [-0.2, -0.15) is 0 Å². The Bertz CT molecular complexity index is 340. The molecule has 0 aliphatic rings. The van der Waals surface area contributed by atoms with Crippen molar-refractivity contribution in [1.29, 1.82) is 0 Å². The van der Waals surface area contributed by atoms with Crippen LogP contribution in [0.25, 0.3) is 0 Å². The van der Waals surface area contributed by atoms with Crippen molar-refractivity contribution in [3.63, 3.8) is 0 Å². The van der Waals surface area contributed by atoms with Crippen molar-refractivity contribution < 1.29 is 19.4 Å². The van der Waals surface area contributed by atoms with Gasteiger partial charge < -0.3 is 9.84 Å². The summed E-state index contributed by atoms with van der Waals surface area (Å²) >= 11 is 0. The van der Waals surface area contributed by atoms with Crippen LogP contribution in [0.2, 0.25) is 0 Å². The summed E-state index contributed by atoms with van der Waals surface area (Å²) in [4.78, 5) is 21.4. The second-order valence-electron chi connectivity index (χ2n) is 2.75. The lowest BCUT2D eigenvalue weighted by Crippen LogP contribution is -2.04. The van der Waals surface area contributed by atoms with Crippen LogP contribution in [0.3, 0.4) is 0 Å². The molecule has 0 bridgehead atoms. The molecule has 0 heterocycles. The molecule has 0 amide bonds. The lowest BCUT2D eigenvalue weighted by molar-refractivity contribution is -0.139. The van der Waals surface area contributed by atoms with Crippen LogP contribution in [0.1, 0.15) is 15.9 Å². The lowest BCUT2D eigenvalue weighted by atomic mass is 10.1. The van der Waals surface area contributed by atoms with Gasteiger partial charge in [0, 0.05) is 0 Å². The summed E-state index contributed by atoms with van der Waals surface area (Å²) < 4.78 is 4.48. The lowest BCUT2D eigenvalue weighted by Gasteiger charge is -2.00. The quantitative estimate of drug-likeness (QED) is 0.732. The van der Waals surface area contributed by atoms with E-state index in [9.17, 15) is 9.59 Å². The maximum absolute atomic E-state index is 10.9. The van der Waals surface area contributed by atoms with Crippen molar-refractivity contribution in [1.82, 2.24) is 0 Å². The van der Waals surface area contributed by atoms with Crippen molar-refractivity contribution in [3.05, 3.63) is 35.4 Å². The predicted octanol–water partition coefficient (Wildman–Crippen LogP) is 1.10. The molecule has 0 fully saturated rings. The first kappa shape index (κ1) is 10.2. The van der Waals surface area contributed by atoms with Gasteiger partial charge in [-0.1, -0.05) is 12.1 Å². The molecule has 0 atom stereocenters.